The highest BCUT2D eigenvalue weighted by molar-refractivity contribution is 7.98. The van der Waals surface area contributed by atoms with E-state index in [-0.39, 0.29) is 5.92 Å². The molecule has 126 valence electrons. The first kappa shape index (κ1) is 16.8. The number of rotatable bonds is 4. The topological polar surface area (TPSA) is 23.6 Å². The molecule has 2 aliphatic heterocycles. The molecule has 0 unspecified atom stereocenters. The van der Waals surface area contributed by atoms with Crippen LogP contribution in [0.2, 0.25) is 0 Å². The Bertz CT molecular complexity index is 511. The largest absolute Gasteiger partial charge is 0.342 e. The average molecular weight is 333 g/mol. The quantitative estimate of drug-likeness (QED) is 0.787. The average Bonchev–Trinajstić information content (AvgIpc) is 2.63. The van der Waals surface area contributed by atoms with Crippen LogP contribution < -0.4 is 0 Å². The van der Waals surface area contributed by atoms with Crippen LogP contribution in [0.1, 0.15) is 37.7 Å². The SMILES string of the molecule is CSc1ccc(CN2CCC[C@@H](C(=O)N3CCCCC3)C2)cc1. The van der Waals surface area contributed by atoms with Crippen molar-refractivity contribution in [2.75, 3.05) is 32.4 Å². The minimum Gasteiger partial charge on any atom is -0.342 e. The van der Waals surface area contributed by atoms with Crippen LogP contribution in [0.3, 0.4) is 0 Å². The predicted octanol–water partition coefficient (Wildman–Crippen LogP) is 3.63. The lowest BCUT2D eigenvalue weighted by atomic mass is 9.95. The molecule has 23 heavy (non-hydrogen) atoms. The molecule has 2 fully saturated rings. The fraction of sp³-hybridized carbons (Fsp3) is 0.632. The molecule has 1 aromatic rings. The molecule has 0 bridgehead atoms. The molecule has 0 N–H and O–H groups in total. The van der Waals surface area contributed by atoms with E-state index < -0.39 is 0 Å². The number of carbonyl (C=O) groups excluding carboxylic acids is 1. The smallest absolute Gasteiger partial charge is 0.226 e. The van der Waals surface area contributed by atoms with Gasteiger partial charge in [0.15, 0.2) is 0 Å². The van der Waals surface area contributed by atoms with Crippen molar-refractivity contribution in [3.05, 3.63) is 29.8 Å². The van der Waals surface area contributed by atoms with Crippen molar-refractivity contribution >= 4 is 17.7 Å². The monoisotopic (exact) mass is 332 g/mol. The highest BCUT2D eigenvalue weighted by atomic mass is 32.2. The van der Waals surface area contributed by atoms with Crippen molar-refractivity contribution in [3.8, 4) is 0 Å². The van der Waals surface area contributed by atoms with Gasteiger partial charge in [0.2, 0.25) is 5.91 Å². The van der Waals surface area contributed by atoms with E-state index >= 15 is 0 Å². The molecule has 0 aliphatic carbocycles. The van der Waals surface area contributed by atoms with Crippen LogP contribution in [0.4, 0.5) is 0 Å². The van der Waals surface area contributed by atoms with Crippen LogP contribution in [0.5, 0.6) is 0 Å². The second-order valence-electron chi connectivity index (χ2n) is 6.81. The van der Waals surface area contributed by atoms with E-state index in [0.717, 1.165) is 45.6 Å². The van der Waals surface area contributed by atoms with Gasteiger partial charge in [0.05, 0.1) is 5.92 Å². The number of hydrogen-bond acceptors (Lipinski definition) is 3. The maximum atomic E-state index is 12.7. The molecule has 2 saturated heterocycles. The minimum atomic E-state index is 0.215. The second kappa shape index (κ2) is 8.20. The maximum absolute atomic E-state index is 12.7. The van der Waals surface area contributed by atoms with E-state index in [0.29, 0.717) is 5.91 Å². The third-order valence-electron chi connectivity index (χ3n) is 5.09. The zero-order valence-electron chi connectivity index (χ0n) is 14.2. The van der Waals surface area contributed by atoms with E-state index in [1.165, 1.54) is 29.7 Å². The fourth-order valence-electron chi connectivity index (χ4n) is 3.76. The van der Waals surface area contributed by atoms with Crippen molar-refractivity contribution in [3.63, 3.8) is 0 Å². The molecule has 3 rings (SSSR count). The molecule has 0 aromatic heterocycles. The summed E-state index contributed by atoms with van der Waals surface area (Å²) < 4.78 is 0. The molecule has 0 spiro atoms. The van der Waals surface area contributed by atoms with E-state index in [9.17, 15) is 4.79 Å². The number of likely N-dealkylation sites (tertiary alicyclic amines) is 2. The Labute approximate surface area is 144 Å². The van der Waals surface area contributed by atoms with Crippen LogP contribution in [-0.4, -0.2) is 48.1 Å². The summed E-state index contributed by atoms with van der Waals surface area (Å²) in [5, 5.41) is 0. The van der Waals surface area contributed by atoms with Crippen molar-refractivity contribution in [2.24, 2.45) is 5.92 Å². The number of carbonyl (C=O) groups is 1. The highest BCUT2D eigenvalue weighted by Crippen LogP contribution is 2.23. The Morgan fingerprint density at radius 2 is 1.83 bits per heavy atom. The van der Waals surface area contributed by atoms with Gasteiger partial charge in [0.1, 0.15) is 0 Å². The maximum Gasteiger partial charge on any atom is 0.226 e. The Balaban J connectivity index is 1.55. The summed E-state index contributed by atoms with van der Waals surface area (Å²) >= 11 is 1.78. The van der Waals surface area contributed by atoms with Gasteiger partial charge in [-0.15, -0.1) is 11.8 Å². The van der Waals surface area contributed by atoms with Gasteiger partial charge in [-0.2, -0.15) is 0 Å². The normalized spacial score (nSPS) is 23.0. The second-order valence-corrected chi connectivity index (χ2v) is 7.69. The Hall–Kier alpha value is -1.00. The number of amides is 1. The third-order valence-corrected chi connectivity index (χ3v) is 5.83. The van der Waals surface area contributed by atoms with Gasteiger partial charge in [-0.3, -0.25) is 9.69 Å². The minimum absolute atomic E-state index is 0.215. The van der Waals surface area contributed by atoms with Crippen LogP contribution in [0.15, 0.2) is 29.2 Å². The number of benzene rings is 1. The van der Waals surface area contributed by atoms with Crippen LogP contribution in [0.25, 0.3) is 0 Å². The van der Waals surface area contributed by atoms with Gasteiger partial charge in [-0.05, 0) is 62.6 Å². The van der Waals surface area contributed by atoms with Gasteiger partial charge >= 0.3 is 0 Å². The number of hydrogen-bond donors (Lipinski definition) is 0. The summed E-state index contributed by atoms with van der Waals surface area (Å²) in [7, 11) is 0. The molecule has 2 heterocycles. The zero-order valence-corrected chi connectivity index (χ0v) is 15.0. The first-order chi connectivity index (χ1) is 11.3. The summed E-state index contributed by atoms with van der Waals surface area (Å²) in [5.41, 5.74) is 1.36. The van der Waals surface area contributed by atoms with Crippen molar-refractivity contribution in [1.29, 1.82) is 0 Å². The summed E-state index contributed by atoms with van der Waals surface area (Å²) in [6.45, 7) is 4.98. The van der Waals surface area contributed by atoms with Gasteiger partial charge in [0.25, 0.3) is 0 Å². The highest BCUT2D eigenvalue weighted by Gasteiger charge is 2.29. The lowest BCUT2D eigenvalue weighted by Gasteiger charge is -2.36. The summed E-state index contributed by atoms with van der Waals surface area (Å²) in [5.74, 6) is 0.624. The molecule has 1 amide bonds. The van der Waals surface area contributed by atoms with Gasteiger partial charge in [-0.25, -0.2) is 0 Å². The van der Waals surface area contributed by atoms with E-state index in [4.69, 9.17) is 0 Å². The van der Waals surface area contributed by atoms with Gasteiger partial charge in [0, 0.05) is 31.1 Å². The van der Waals surface area contributed by atoms with E-state index in [2.05, 4.69) is 40.3 Å². The van der Waals surface area contributed by atoms with Gasteiger partial charge in [-0.1, -0.05) is 12.1 Å². The molecule has 3 nitrogen and oxygen atoms in total. The first-order valence-corrected chi connectivity index (χ1v) is 10.1. The zero-order chi connectivity index (χ0) is 16.1. The Kier molecular flexibility index (Phi) is 6.01. The molecule has 1 aromatic carbocycles. The standard InChI is InChI=1S/C19H28N2OS/c1-23-18-9-7-16(8-10-18)14-20-11-5-6-17(15-20)19(22)21-12-3-2-4-13-21/h7-10,17H,2-6,11-15H2,1H3/t17-/m1/s1. The predicted molar refractivity (Wildman–Crippen MR) is 96.7 cm³/mol. The third kappa shape index (κ3) is 4.51. The van der Waals surface area contributed by atoms with Crippen LogP contribution >= 0.6 is 11.8 Å². The lowest BCUT2D eigenvalue weighted by molar-refractivity contribution is -0.138. The fourth-order valence-corrected chi connectivity index (χ4v) is 4.17. The molecular formula is C19H28N2OS. The van der Waals surface area contributed by atoms with Crippen molar-refractivity contribution in [2.45, 2.75) is 43.5 Å². The lowest BCUT2D eigenvalue weighted by Crippen LogP contribution is -2.46. The number of thioether (sulfide) groups is 1. The molecule has 4 heteroatoms. The van der Waals surface area contributed by atoms with E-state index in [1.54, 1.807) is 11.8 Å². The van der Waals surface area contributed by atoms with Crippen LogP contribution in [0, 0.1) is 5.92 Å². The Morgan fingerprint density at radius 3 is 2.52 bits per heavy atom. The first-order valence-electron chi connectivity index (χ1n) is 8.90. The molecule has 1 atom stereocenters. The van der Waals surface area contributed by atoms with Crippen molar-refractivity contribution < 1.29 is 4.79 Å². The van der Waals surface area contributed by atoms with Gasteiger partial charge < -0.3 is 4.90 Å². The molecule has 2 aliphatic rings. The van der Waals surface area contributed by atoms with Crippen LogP contribution in [-0.2, 0) is 11.3 Å². The molecule has 0 saturated carbocycles. The Morgan fingerprint density at radius 1 is 1.09 bits per heavy atom. The molecule has 0 radical (unpaired) electrons. The summed E-state index contributed by atoms with van der Waals surface area (Å²) in [6, 6.07) is 8.84. The summed E-state index contributed by atoms with van der Waals surface area (Å²) in [6.07, 6.45) is 7.97. The molecular weight excluding hydrogens is 304 g/mol. The summed E-state index contributed by atoms with van der Waals surface area (Å²) in [4.78, 5) is 18.6. The number of piperidine rings is 2. The van der Waals surface area contributed by atoms with Crippen molar-refractivity contribution in [1.82, 2.24) is 9.80 Å². The number of nitrogens with zero attached hydrogens (tertiary/aromatic N) is 2. The van der Waals surface area contributed by atoms with E-state index in [1.807, 2.05) is 0 Å².